The lowest BCUT2D eigenvalue weighted by Crippen LogP contribution is -2.38. The highest BCUT2D eigenvalue weighted by molar-refractivity contribution is 5.93. The summed E-state index contributed by atoms with van der Waals surface area (Å²) in [4.78, 5) is 18.3. The third-order valence-electron chi connectivity index (χ3n) is 4.70. The van der Waals surface area contributed by atoms with Gasteiger partial charge in [-0.25, -0.2) is 4.39 Å². The van der Waals surface area contributed by atoms with Crippen LogP contribution in [0.2, 0.25) is 0 Å². The first-order valence-corrected chi connectivity index (χ1v) is 8.74. The van der Waals surface area contributed by atoms with Crippen LogP contribution in [0.25, 0.3) is 0 Å². The molecule has 1 amide bonds. The standard InChI is InChI=1S/C20H23FN2O2/c21-19-6-2-1-4-18(19)15-25-13-9-16-7-11-23(12-8-16)20(24)17-5-3-10-22-14-17/h1-6,10,14,16H,7-9,11-13,15H2. The van der Waals surface area contributed by atoms with Crippen LogP contribution in [0.3, 0.4) is 0 Å². The number of hydrogen-bond acceptors (Lipinski definition) is 3. The van der Waals surface area contributed by atoms with E-state index in [-0.39, 0.29) is 11.7 Å². The van der Waals surface area contributed by atoms with Crippen LogP contribution in [0, 0.1) is 11.7 Å². The first-order valence-electron chi connectivity index (χ1n) is 8.74. The predicted octanol–water partition coefficient (Wildman–Crippen LogP) is 3.68. The highest BCUT2D eigenvalue weighted by atomic mass is 19.1. The molecule has 0 radical (unpaired) electrons. The zero-order chi connectivity index (χ0) is 17.5. The van der Waals surface area contributed by atoms with E-state index in [4.69, 9.17) is 4.74 Å². The molecule has 0 saturated carbocycles. The van der Waals surface area contributed by atoms with Gasteiger partial charge in [-0.3, -0.25) is 9.78 Å². The van der Waals surface area contributed by atoms with Gasteiger partial charge in [-0.2, -0.15) is 0 Å². The second-order valence-electron chi connectivity index (χ2n) is 6.41. The van der Waals surface area contributed by atoms with Crippen LogP contribution in [0.4, 0.5) is 4.39 Å². The molecule has 4 nitrogen and oxygen atoms in total. The summed E-state index contributed by atoms with van der Waals surface area (Å²) in [7, 11) is 0. The molecule has 0 unspecified atom stereocenters. The number of carbonyl (C=O) groups excluding carboxylic acids is 1. The van der Waals surface area contributed by atoms with Crippen molar-refractivity contribution in [1.29, 1.82) is 0 Å². The summed E-state index contributed by atoms with van der Waals surface area (Å²) in [6, 6.07) is 10.3. The molecule has 132 valence electrons. The molecule has 1 aliphatic rings. The second-order valence-corrected chi connectivity index (χ2v) is 6.41. The van der Waals surface area contributed by atoms with Crippen molar-refractivity contribution in [2.24, 2.45) is 5.92 Å². The van der Waals surface area contributed by atoms with Crippen LogP contribution >= 0.6 is 0 Å². The fraction of sp³-hybridized carbons (Fsp3) is 0.400. The molecule has 5 heteroatoms. The summed E-state index contributed by atoms with van der Waals surface area (Å²) in [6.45, 7) is 2.47. The van der Waals surface area contributed by atoms with Gasteiger partial charge in [-0.1, -0.05) is 18.2 Å². The van der Waals surface area contributed by atoms with Crippen LogP contribution < -0.4 is 0 Å². The maximum absolute atomic E-state index is 13.5. The molecular formula is C20H23FN2O2. The van der Waals surface area contributed by atoms with Crippen LogP contribution in [0.15, 0.2) is 48.8 Å². The van der Waals surface area contributed by atoms with E-state index in [0.29, 0.717) is 30.3 Å². The van der Waals surface area contributed by atoms with E-state index in [1.165, 1.54) is 6.07 Å². The largest absolute Gasteiger partial charge is 0.377 e. The number of nitrogens with zero attached hydrogens (tertiary/aromatic N) is 2. The fourth-order valence-electron chi connectivity index (χ4n) is 3.14. The second kappa shape index (κ2) is 8.72. The lowest BCUT2D eigenvalue weighted by Gasteiger charge is -2.32. The van der Waals surface area contributed by atoms with Crippen molar-refractivity contribution in [3.05, 3.63) is 65.7 Å². The van der Waals surface area contributed by atoms with Crippen molar-refractivity contribution >= 4 is 5.91 Å². The molecule has 0 spiro atoms. The van der Waals surface area contributed by atoms with E-state index in [1.807, 2.05) is 11.0 Å². The van der Waals surface area contributed by atoms with Gasteiger partial charge in [-0.05, 0) is 43.4 Å². The molecule has 1 aromatic carbocycles. The monoisotopic (exact) mass is 342 g/mol. The van der Waals surface area contributed by atoms with Crippen molar-refractivity contribution in [1.82, 2.24) is 9.88 Å². The number of amides is 1. The summed E-state index contributed by atoms with van der Waals surface area (Å²) in [6.07, 6.45) is 6.20. The van der Waals surface area contributed by atoms with Gasteiger partial charge in [0.2, 0.25) is 0 Å². The van der Waals surface area contributed by atoms with Gasteiger partial charge in [0.15, 0.2) is 0 Å². The number of ether oxygens (including phenoxy) is 1. The molecule has 1 aliphatic heterocycles. The number of halogens is 1. The maximum atomic E-state index is 13.5. The normalized spacial score (nSPS) is 15.3. The van der Waals surface area contributed by atoms with Crippen LogP contribution in [0.5, 0.6) is 0 Å². The van der Waals surface area contributed by atoms with E-state index in [9.17, 15) is 9.18 Å². The number of pyridine rings is 1. The molecule has 0 bridgehead atoms. The van der Waals surface area contributed by atoms with Gasteiger partial charge in [0.1, 0.15) is 5.82 Å². The zero-order valence-electron chi connectivity index (χ0n) is 14.2. The van der Waals surface area contributed by atoms with Gasteiger partial charge < -0.3 is 9.64 Å². The van der Waals surface area contributed by atoms with Gasteiger partial charge in [-0.15, -0.1) is 0 Å². The molecule has 0 atom stereocenters. The summed E-state index contributed by atoms with van der Waals surface area (Å²) >= 11 is 0. The topological polar surface area (TPSA) is 42.4 Å². The lowest BCUT2D eigenvalue weighted by atomic mass is 9.93. The number of likely N-dealkylation sites (tertiary alicyclic amines) is 1. The van der Waals surface area contributed by atoms with Crippen molar-refractivity contribution in [2.75, 3.05) is 19.7 Å². The molecular weight excluding hydrogens is 319 g/mol. The minimum Gasteiger partial charge on any atom is -0.377 e. The number of carbonyl (C=O) groups is 1. The van der Waals surface area contributed by atoms with Crippen molar-refractivity contribution in [3.8, 4) is 0 Å². The summed E-state index contributed by atoms with van der Waals surface area (Å²) in [5.74, 6) is 0.394. The Bertz CT molecular complexity index is 685. The highest BCUT2D eigenvalue weighted by Crippen LogP contribution is 2.22. The van der Waals surface area contributed by atoms with E-state index in [0.717, 1.165) is 32.4 Å². The van der Waals surface area contributed by atoms with E-state index >= 15 is 0 Å². The number of aromatic nitrogens is 1. The molecule has 25 heavy (non-hydrogen) atoms. The van der Waals surface area contributed by atoms with Crippen LogP contribution in [-0.2, 0) is 11.3 Å². The molecule has 2 heterocycles. The lowest BCUT2D eigenvalue weighted by molar-refractivity contribution is 0.0636. The van der Waals surface area contributed by atoms with Crippen molar-refractivity contribution in [2.45, 2.75) is 25.9 Å². The third kappa shape index (κ3) is 4.86. The van der Waals surface area contributed by atoms with Gasteiger partial charge >= 0.3 is 0 Å². The Labute approximate surface area is 147 Å². The zero-order valence-corrected chi connectivity index (χ0v) is 14.2. The molecule has 1 saturated heterocycles. The smallest absolute Gasteiger partial charge is 0.255 e. The Balaban J connectivity index is 1.37. The minimum atomic E-state index is -0.218. The van der Waals surface area contributed by atoms with E-state index < -0.39 is 0 Å². The minimum absolute atomic E-state index is 0.0577. The maximum Gasteiger partial charge on any atom is 0.255 e. The number of hydrogen-bond donors (Lipinski definition) is 0. The Morgan fingerprint density at radius 3 is 2.72 bits per heavy atom. The fourth-order valence-corrected chi connectivity index (χ4v) is 3.14. The quantitative estimate of drug-likeness (QED) is 0.752. The first-order chi connectivity index (χ1) is 12.2. The predicted molar refractivity (Wildman–Crippen MR) is 93.5 cm³/mol. The summed E-state index contributed by atoms with van der Waals surface area (Å²) in [5, 5.41) is 0. The molecule has 2 aromatic rings. The van der Waals surface area contributed by atoms with Crippen LogP contribution in [-0.4, -0.2) is 35.5 Å². The van der Waals surface area contributed by atoms with Crippen molar-refractivity contribution < 1.29 is 13.9 Å². The summed E-state index contributed by atoms with van der Waals surface area (Å²) < 4.78 is 19.1. The molecule has 0 aliphatic carbocycles. The number of rotatable bonds is 6. The highest BCUT2D eigenvalue weighted by Gasteiger charge is 2.23. The third-order valence-corrected chi connectivity index (χ3v) is 4.70. The molecule has 1 aromatic heterocycles. The van der Waals surface area contributed by atoms with Gasteiger partial charge in [0.25, 0.3) is 5.91 Å². The number of benzene rings is 1. The molecule has 1 fully saturated rings. The Kier molecular flexibility index (Phi) is 6.12. The Hall–Kier alpha value is -2.27. The van der Waals surface area contributed by atoms with Gasteiger partial charge in [0, 0.05) is 37.7 Å². The van der Waals surface area contributed by atoms with Gasteiger partial charge in [0.05, 0.1) is 12.2 Å². The Morgan fingerprint density at radius 1 is 1.20 bits per heavy atom. The van der Waals surface area contributed by atoms with E-state index in [2.05, 4.69) is 4.98 Å². The Morgan fingerprint density at radius 2 is 2.00 bits per heavy atom. The molecule has 3 rings (SSSR count). The average molecular weight is 342 g/mol. The number of piperidine rings is 1. The molecule has 0 N–H and O–H groups in total. The summed E-state index contributed by atoms with van der Waals surface area (Å²) in [5.41, 5.74) is 1.24. The van der Waals surface area contributed by atoms with Crippen molar-refractivity contribution in [3.63, 3.8) is 0 Å². The average Bonchev–Trinajstić information content (AvgIpc) is 2.67. The first kappa shape index (κ1) is 17.5. The SMILES string of the molecule is O=C(c1cccnc1)N1CCC(CCOCc2ccccc2F)CC1. The van der Waals surface area contributed by atoms with Crippen LogP contribution in [0.1, 0.15) is 35.2 Å². The van der Waals surface area contributed by atoms with E-state index in [1.54, 1.807) is 36.7 Å².